The monoisotopic (exact) mass is 557 g/mol. The maximum absolute atomic E-state index is 13.8. The number of rotatable bonds is 11. The average molecular weight is 558 g/mol. The van der Waals surface area contributed by atoms with E-state index in [4.69, 9.17) is 9.15 Å². The molecule has 0 unspecified atom stereocenters. The first-order chi connectivity index (χ1) is 19.7. The number of aryl methyl sites for hydroxylation is 2. The molecule has 212 valence electrons. The van der Waals surface area contributed by atoms with Gasteiger partial charge in [-0.05, 0) is 37.6 Å². The first-order valence-electron chi connectivity index (χ1n) is 13.0. The molecule has 0 bridgehead atoms. The Balaban J connectivity index is 1.65. The maximum Gasteiger partial charge on any atom is 0.273 e. The fraction of sp³-hybridized carbons (Fsp3) is 0.258. The number of ether oxygens (including phenoxy) is 1. The third-order valence-electron chi connectivity index (χ3n) is 6.76. The van der Waals surface area contributed by atoms with Crippen molar-refractivity contribution >= 4 is 28.5 Å². The van der Waals surface area contributed by atoms with Gasteiger partial charge >= 0.3 is 0 Å². The van der Waals surface area contributed by atoms with Crippen LogP contribution in [0.4, 0.5) is 5.69 Å². The first-order valence-corrected chi connectivity index (χ1v) is 13.0. The quantitative estimate of drug-likeness (QED) is 0.194. The van der Waals surface area contributed by atoms with Crippen molar-refractivity contribution < 1.29 is 23.7 Å². The molecule has 0 aliphatic heterocycles. The van der Waals surface area contributed by atoms with Crippen LogP contribution in [0.3, 0.4) is 0 Å². The second-order valence-corrected chi connectivity index (χ2v) is 9.80. The standard InChI is InChI=1S/C31H31N3O7/c1-21-9-12-28-26(15-21)30(36)25(20-41-28)18-33(17-23-7-5-4-6-8-23)29(35)19-32(13-14-40-3)31(37)24-11-10-22(2)27(16-24)34(38)39/h4-12,15-16,20H,13-14,17-19H2,1-3H3. The van der Waals surface area contributed by atoms with E-state index in [0.29, 0.717) is 22.1 Å². The Kier molecular flexibility index (Phi) is 9.26. The molecule has 4 aromatic rings. The molecular formula is C31H31N3O7. The van der Waals surface area contributed by atoms with E-state index in [-0.39, 0.29) is 49.5 Å². The van der Waals surface area contributed by atoms with Crippen LogP contribution in [0.15, 0.2) is 82.2 Å². The number of hydrogen-bond donors (Lipinski definition) is 0. The summed E-state index contributed by atoms with van der Waals surface area (Å²) in [6.07, 6.45) is 1.37. The van der Waals surface area contributed by atoms with Crippen LogP contribution < -0.4 is 5.43 Å². The van der Waals surface area contributed by atoms with Crippen molar-refractivity contribution in [2.75, 3.05) is 26.8 Å². The number of carbonyl (C=O) groups excluding carboxylic acids is 2. The minimum atomic E-state index is -0.547. The molecule has 0 saturated heterocycles. The summed E-state index contributed by atoms with van der Waals surface area (Å²) in [4.78, 5) is 54.2. The van der Waals surface area contributed by atoms with Gasteiger partial charge in [-0.25, -0.2) is 0 Å². The smallest absolute Gasteiger partial charge is 0.273 e. The topological polar surface area (TPSA) is 123 Å². The van der Waals surface area contributed by atoms with E-state index in [1.165, 1.54) is 41.4 Å². The van der Waals surface area contributed by atoms with Gasteiger partial charge in [0.1, 0.15) is 12.1 Å². The minimum Gasteiger partial charge on any atom is -0.464 e. The van der Waals surface area contributed by atoms with E-state index < -0.39 is 16.7 Å². The second kappa shape index (κ2) is 13.0. The van der Waals surface area contributed by atoms with Gasteiger partial charge in [-0.15, -0.1) is 0 Å². The highest BCUT2D eigenvalue weighted by molar-refractivity contribution is 5.97. The van der Waals surface area contributed by atoms with E-state index in [9.17, 15) is 24.5 Å². The third kappa shape index (κ3) is 7.03. The molecule has 10 heteroatoms. The largest absolute Gasteiger partial charge is 0.464 e. The summed E-state index contributed by atoms with van der Waals surface area (Å²) in [6, 6.07) is 18.9. The third-order valence-corrected chi connectivity index (χ3v) is 6.76. The Labute approximate surface area is 236 Å². The summed E-state index contributed by atoms with van der Waals surface area (Å²) < 4.78 is 10.9. The molecule has 0 saturated carbocycles. The molecule has 2 amide bonds. The van der Waals surface area contributed by atoms with Gasteiger partial charge in [0.05, 0.1) is 35.3 Å². The molecule has 0 atom stereocenters. The number of fused-ring (bicyclic) bond motifs is 1. The Hall–Kier alpha value is -4.83. The van der Waals surface area contributed by atoms with Crippen molar-refractivity contribution in [3.8, 4) is 0 Å². The Morgan fingerprint density at radius 2 is 1.73 bits per heavy atom. The molecule has 10 nitrogen and oxygen atoms in total. The Morgan fingerprint density at radius 1 is 0.976 bits per heavy atom. The number of benzene rings is 3. The number of nitrogens with zero attached hydrogens (tertiary/aromatic N) is 3. The lowest BCUT2D eigenvalue weighted by atomic mass is 10.1. The number of methoxy groups -OCH3 is 1. The Morgan fingerprint density at radius 3 is 2.44 bits per heavy atom. The van der Waals surface area contributed by atoms with Gasteiger partial charge in [-0.2, -0.15) is 0 Å². The van der Waals surface area contributed by atoms with Gasteiger partial charge in [-0.1, -0.05) is 48.0 Å². The van der Waals surface area contributed by atoms with Gasteiger partial charge in [0.2, 0.25) is 5.91 Å². The van der Waals surface area contributed by atoms with Crippen LogP contribution in [0.2, 0.25) is 0 Å². The summed E-state index contributed by atoms with van der Waals surface area (Å²) in [7, 11) is 1.48. The lowest BCUT2D eigenvalue weighted by molar-refractivity contribution is -0.385. The van der Waals surface area contributed by atoms with Gasteiger partial charge in [0, 0.05) is 37.4 Å². The van der Waals surface area contributed by atoms with E-state index in [1.807, 2.05) is 43.3 Å². The van der Waals surface area contributed by atoms with E-state index in [1.54, 1.807) is 19.1 Å². The predicted octanol–water partition coefficient (Wildman–Crippen LogP) is 4.64. The van der Waals surface area contributed by atoms with E-state index in [0.717, 1.165) is 11.1 Å². The number of amides is 2. The SMILES string of the molecule is COCCN(CC(=O)N(Cc1ccccc1)Cc1coc2ccc(C)cc2c1=O)C(=O)c1ccc(C)c([N+](=O)[O-])c1. The number of hydrogen-bond acceptors (Lipinski definition) is 7. The summed E-state index contributed by atoms with van der Waals surface area (Å²) in [6.45, 7) is 3.53. The highest BCUT2D eigenvalue weighted by Crippen LogP contribution is 2.21. The summed E-state index contributed by atoms with van der Waals surface area (Å²) in [5, 5.41) is 11.9. The zero-order valence-electron chi connectivity index (χ0n) is 23.2. The predicted molar refractivity (Wildman–Crippen MR) is 154 cm³/mol. The lowest BCUT2D eigenvalue weighted by Gasteiger charge is -2.28. The van der Waals surface area contributed by atoms with Crippen molar-refractivity contribution in [3.63, 3.8) is 0 Å². The summed E-state index contributed by atoms with van der Waals surface area (Å²) in [5.74, 6) is -0.956. The number of nitro groups is 1. The minimum absolute atomic E-state index is 0.0394. The molecule has 0 radical (unpaired) electrons. The first kappa shape index (κ1) is 29.2. The fourth-order valence-corrected chi connectivity index (χ4v) is 4.47. The van der Waals surface area contributed by atoms with Gasteiger partial charge in [-0.3, -0.25) is 24.5 Å². The fourth-order valence-electron chi connectivity index (χ4n) is 4.47. The van der Waals surface area contributed by atoms with Crippen molar-refractivity contribution in [3.05, 3.63) is 121 Å². The van der Waals surface area contributed by atoms with Crippen LogP contribution in [0.25, 0.3) is 11.0 Å². The maximum atomic E-state index is 13.8. The molecule has 3 aromatic carbocycles. The van der Waals surface area contributed by atoms with Crippen molar-refractivity contribution in [2.24, 2.45) is 0 Å². The number of nitro benzene ring substituents is 1. The highest BCUT2D eigenvalue weighted by Gasteiger charge is 2.25. The van der Waals surface area contributed by atoms with Crippen LogP contribution in [0.5, 0.6) is 0 Å². The van der Waals surface area contributed by atoms with Crippen LogP contribution in [0.1, 0.15) is 32.6 Å². The van der Waals surface area contributed by atoms with Crippen LogP contribution in [0, 0.1) is 24.0 Å². The normalized spacial score (nSPS) is 10.9. The second-order valence-electron chi connectivity index (χ2n) is 9.80. The van der Waals surface area contributed by atoms with Crippen LogP contribution >= 0.6 is 0 Å². The Bertz CT molecular complexity index is 1630. The molecule has 41 heavy (non-hydrogen) atoms. The molecule has 0 N–H and O–H groups in total. The van der Waals surface area contributed by atoms with E-state index in [2.05, 4.69) is 0 Å². The van der Waals surface area contributed by atoms with Crippen molar-refractivity contribution in [1.82, 2.24) is 9.80 Å². The van der Waals surface area contributed by atoms with Crippen LogP contribution in [-0.4, -0.2) is 53.3 Å². The van der Waals surface area contributed by atoms with Crippen molar-refractivity contribution in [2.45, 2.75) is 26.9 Å². The van der Waals surface area contributed by atoms with Crippen molar-refractivity contribution in [1.29, 1.82) is 0 Å². The van der Waals surface area contributed by atoms with Gasteiger partial charge < -0.3 is 19.0 Å². The summed E-state index contributed by atoms with van der Waals surface area (Å²) >= 11 is 0. The average Bonchev–Trinajstić information content (AvgIpc) is 2.96. The molecule has 0 spiro atoms. The summed E-state index contributed by atoms with van der Waals surface area (Å²) in [5.41, 5.74) is 2.59. The van der Waals surface area contributed by atoms with Gasteiger partial charge in [0.15, 0.2) is 5.43 Å². The molecule has 1 aromatic heterocycles. The van der Waals surface area contributed by atoms with Crippen LogP contribution in [-0.2, 0) is 22.6 Å². The molecule has 1 heterocycles. The zero-order valence-corrected chi connectivity index (χ0v) is 23.2. The molecule has 0 aliphatic rings. The molecule has 0 aliphatic carbocycles. The highest BCUT2D eigenvalue weighted by atomic mass is 16.6. The number of carbonyl (C=O) groups is 2. The molecular weight excluding hydrogens is 526 g/mol. The molecule has 0 fully saturated rings. The van der Waals surface area contributed by atoms with Gasteiger partial charge in [0.25, 0.3) is 11.6 Å². The van der Waals surface area contributed by atoms with E-state index >= 15 is 0 Å². The zero-order chi connectivity index (χ0) is 29.5. The molecule has 4 rings (SSSR count). The lowest BCUT2D eigenvalue weighted by Crippen LogP contribution is -2.44.